The van der Waals surface area contributed by atoms with Crippen LogP contribution >= 0.6 is 0 Å². The molecule has 0 fully saturated rings. The average Bonchev–Trinajstić information content (AvgIpc) is 1.49. The quantitative estimate of drug-likeness (QED) is 0.0976. The topological polar surface area (TPSA) is 112 Å². The number of nitrogens with zero attached hydrogens (tertiary/aromatic N) is 7. The van der Waals surface area contributed by atoms with Crippen LogP contribution in [0.3, 0.4) is 0 Å². The molecule has 0 unspecified atom stereocenters. The van der Waals surface area contributed by atoms with Crippen molar-refractivity contribution in [2.75, 3.05) is 9.80 Å². The molecule has 7 heterocycles. The van der Waals surface area contributed by atoms with E-state index in [4.69, 9.17) is 23.8 Å². The molecule has 19 aromatic carbocycles. The molecular formula is C126H93BLiN7O3. The zero-order valence-corrected chi connectivity index (χ0v) is 77.7. The SMILES string of the molecule is CC(C)(C)c1ccc(N2c3cccc4c3B(c3oc5ccccc5c32)c2oc3ccccc3c2N4c2ccc(C(C)(C)C)cc2)cc1.[Li+].[O-]c1cccc2cccnc12.c1ccc(-c2ccc(-c3c4ccccc4c(-c4cccc5ccccc45)c4ccccc34)cc2)cc1.c1ccc(-c2nc(-c3ccccc3)nc(-c3ccc(-c4ccc(-n5c6ccccc6c6ccccc65)cc4)cc3)n2)cc1. The van der Waals surface area contributed by atoms with Gasteiger partial charge in [0.1, 0.15) is 22.5 Å². The van der Waals surface area contributed by atoms with Gasteiger partial charge in [0.05, 0.1) is 27.9 Å². The van der Waals surface area contributed by atoms with Crippen molar-refractivity contribution in [1.82, 2.24) is 24.5 Å². The van der Waals surface area contributed by atoms with Gasteiger partial charge in [0.25, 0.3) is 0 Å². The van der Waals surface area contributed by atoms with Gasteiger partial charge in [0, 0.05) is 72.9 Å². The first-order chi connectivity index (χ1) is 67.2. The third-order valence-electron chi connectivity index (χ3n) is 26.7. The van der Waals surface area contributed by atoms with Crippen LogP contribution in [0, 0.1) is 0 Å². The van der Waals surface area contributed by atoms with Crippen LogP contribution < -0.4 is 50.5 Å². The summed E-state index contributed by atoms with van der Waals surface area (Å²) in [4.78, 5) is 23.3. The van der Waals surface area contributed by atoms with Gasteiger partial charge in [-0.05, 0) is 201 Å². The summed E-state index contributed by atoms with van der Waals surface area (Å²) in [7, 11) is 0. The number of benzene rings is 19. The number of pyridine rings is 1. The molecule has 5 aromatic heterocycles. The minimum absolute atomic E-state index is 0. The van der Waals surface area contributed by atoms with Crippen molar-refractivity contribution in [3.63, 3.8) is 0 Å². The molecule has 24 aromatic rings. The fourth-order valence-corrected chi connectivity index (χ4v) is 20.0. The first-order valence-electron chi connectivity index (χ1n) is 46.8. The zero-order valence-electron chi connectivity index (χ0n) is 77.7. The van der Waals surface area contributed by atoms with E-state index < -0.39 is 0 Å². The summed E-state index contributed by atoms with van der Waals surface area (Å²) in [5, 5.41) is 24.4. The molecule has 0 saturated heterocycles. The Hall–Kier alpha value is -16.7. The van der Waals surface area contributed by atoms with E-state index in [0.29, 0.717) is 23.0 Å². The van der Waals surface area contributed by atoms with Crippen molar-refractivity contribution in [1.29, 1.82) is 0 Å². The Labute approximate surface area is 814 Å². The zero-order chi connectivity index (χ0) is 92.4. The fourth-order valence-electron chi connectivity index (χ4n) is 20.0. The second kappa shape index (κ2) is 36.3. The fraction of sp³-hybridized carbons (Fsp3) is 0.0635. The van der Waals surface area contributed by atoms with Gasteiger partial charge >= 0.3 is 25.6 Å². The molecule has 0 atom stereocenters. The minimum atomic E-state index is -0.207. The predicted molar refractivity (Wildman–Crippen MR) is 570 cm³/mol. The molecule has 2 aliphatic heterocycles. The van der Waals surface area contributed by atoms with Crippen molar-refractivity contribution in [3.05, 3.63) is 466 Å². The standard InChI is InChI=1S/C42H37BN2O2.C39H26N4.C36H24.C9H7NO.Li/c1-41(2,3)26-18-22-28(23-19-26)44-32-14-11-15-33-36(32)43(39-37(44)30-12-7-9-16-34(30)46-39)40-38(31-13-8-10-17-35(31)47-40)45(33)29-24-20-27(21-25-29)42(4,5)6;1-3-11-29(12-4-1)37-40-38(30-13-5-2-6-14-30)42-39(41-37)31-21-19-27(20-22-31)28-23-25-32(26-24-28)43-35-17-9-7-15-33(35)34-16-8-10-18-36(34)43;1-2-11-25(12-3-1)26-21-23-28(24-22-26)35-31-16-6-8-18-33(31)36(34-19-9-7-17-32(34)35)30-20-10-14-27-13-4-5-15-29(27)30;11-8-5-1-3-7-4-2-6-10-9(7)8;/h7-25H,1-6H3;1-26H;1-24H;1-6,11H;/q;;;;+1/p-1. The van der Waals surface area contributed by atoms with E-state index in [-0.39, 0.29) is 42.2 Å². The van der Waals surface area contributed by atoms with Crippen molar-refractivity contribution in [2.24, 2.45) is 0 Å². The van der Waals surface area contributed by atoms with E-state index in [1.807, 2.05) is 78.9 Å². The molecule has 138 heavy (non-hydrogen) atoms. The van der Waals surface area contributed by atoms with Gasteiger partial charge in [-0.1, -0.05) is 405 Å². The third kappa shape index (κ3) is 16.0. The molecule has 0 aliphatic carbocycles. The Kier molecular flexibility index (Phi) is 22.8. The Balaban J connectivity index is 0.000000113. The van der Waals surface area contributed by atoms with Gasteiger partial charge in [-0.15, -0.1) is 0 Å². The molecule has 26 rings (SSSR count). The summed E-state index contributed by atoms with van der Waals surface area (Å²) in [6, 6.07) is 158. The van der Waals surface area contributed by atoms with Crippen LogP contribution in [0.4, 0.5) is 34.1 Å². The van der Waals surface area contributed by atoms with Crippen LogP contribution in [0.2, 0.25) is 0 Å². The summed E-state index contributed by atoms with van der Waals surface area (Å²) < 4.78 is 16.1. The molecule has 2 aliphatic rings. The molecule has 0 amide bonds. The molecule has 0 spiro atoms. The summed E-state index contributed by atoms with van der Waals surface area (Å²) >= 11 is 0. The van der Waals surface area contributed by atoms with Crippen LogP contribution in [0.15, 0.2) is 464 Å². The van der Waals surface area contributed by atoms with Gasteiger partial charge in [-0.3, -0.25) is 4.98 Å². The molecule has 654 valence electrons. The third-order valence-corrected chi connectivity index (χ3v) is 26.7. The Morgan fingerprint density at radius 1 is 0.275 bits per heavy atom. The average molecular weight is 1770 g/mol. The van der Waals surface area contributed by atoms with E-state index in [9.17, 15) is 5.11 Å². The molecular weight excluding hydrogens is 1680 g/mol. The number of anilines is 6. The van der Waals surface area contributed by atoms with E-state index in [1.54, 1.807) is 12.3 Å². The predicted octanol–water partition coefficient (Wildman–Crippen LogP) is 28.0. The van der Waals surface area contributed by atoms with Gasteiger partial charge < -0.3 is 28.3 Å². The number of furan rings is 2. The molecule has 0 N–H and O–H groups in total. The number of fused-ring (bicyclic) bond motifs is 15. The maximum atomic E-state index is 11.1. The van der Waals surface area contributed by atoms with E-state index >= 15 is 0 Å². The smallest absolute Gasteiger partial charge is 0.871 e. The monoisotopic (exact) mass is 1770 g/mol. The second-order valence-electron chi connectivity index (χ2n) is 37.2. The summed E-state index contributed by atoms with van der Waals surface area (Å²) in [5.74, 6) is 1.97. The molecule has 10 nitrogen and oxygen atoms in total. The van der Waals surface area contributed by atoms with Crippen molar-refractivity contribution in [2.45, 2.75) is 52.4 Å². The first kappa shape index (κ1) is 86.7. The van der Waals surface area contributed by atoms with Crippen LogP contribution in [0.25, 0.3) is 171 Å². The van der Waals surface area contributed by atoms with Crippen LogP contribution in [-0.4, -0.2) is 31.2 Å². The van der Waals surface area contributed by atoms with Gasteiger partial charge in [0.2, 0.25) is 0 Å². The number of hydrogen-bond donors (Lipinski definition) is 0. The number of para-hydroxylation sites is 5. The molecule has 0 radical (unpaired) electrons. The maximum absolute atomic E-state index is 11.1. The Morgan fingerprint density at radius 2 is 0.616 bits per heavy atom. The van der Waals surface area contributed by atoms with Crippen molar-refractivity contribution < 1.29 is 32.8 Å². The Bertz CT molecular complexity index is 8330. The minimum Gasteiger partial charge on any atom is -0.871 e. The number of hydrogen-bond acceptors (Lipinski definition) is 9. The molecule has 0 saturated carbocycles. The van der Waals surface area contributed by atoms with E-state index in [1.165, 1.54) is 110 Å². The van der Waals surface area contributed by atoms with E-state index in [2.05, 4.69) is 419 Å². The van der Waals surface area contributed by atoms with Gasteiger partial charge in [0.15, 0.2) is 17.5 Å². The van der Waals surface area contributed by atoms with Gasteiger partial charge in [-0.25, -0.2) is 15.0 Å². The second-order valence-corrected chi connectivity index (χ2v) is 37.2. The van der Waals surface area contributed by atoms with Gasteiger partial charge in [-0.2, -0.15) is 0 Å². The summed E-state index contributed by atoms with van der Waals surface area (Å²) in [5.41, 5.74) is 31.0. The summed E-state index contributed by atoms with van der Waals surface area (Å²) in [6.07, 6.45) is 1.63. The number of rotatable bonds is 10. The van der Waals surface area contributed by atoms with E-state index in [0.717, 1.165) is 106 Å². The molecule has 12 heteroatoms. The van der Waals surface area contributed by atoms with Crippen molar-refractivity contribution in [3.8, 4) is 90.1 Å². The summed E-state index contributed by atoms with van der Waals surface area (Å²) in [6.45, 7) is 13.4. The van der Waals surface area contributed by atoms with Crippen LogP contribution in [0.5, 0.6) is 5.75 Å². The molecule has 0 bridgehead atoms. The van der Waals surface area contributed by atoms with Crippen molar-refractivity contribution >= 4 is 145 Å². The number of aromatic nitrogens is 5. The Morgan fingerprint density at radius 3 is 1.09 bits per heavy atom. The maximum Gasteiger partial charge on any atom is 1.00 e. The largest absolute Gasteiger partial charge is 1.00 e. The van der Waals surface area contributed by atoms with Crippen LogP contribution in [0.1, 0.15) is 52.7 Å². The first-order valence-corrected chi connectivity index (χ1v) is 46.8. The normalized spacial score (nSPS) is 12.1. The van der Waals surface area contributed by atoms with Crippen LogP contribution in [-0.2, 0) is 10.8 Å².